The van der Waals surface area contributed by atoms with E-state index in [1.165, 1.54) is 54.8 Å². The molecule has 2 fully saturated rings. The molecule has 2 aromatic rings. The lowest BCUT2D eigenvalue weighted by Gasteiger charge is -2.43. The van der Waals surface area contributed by atoms with Crippen LogP contribution in [-0.2, 0) is 0 Å². The SMILES string of the molecule is Cc1sc2ncnc(N3CCC(C(C)N4CCN(C)CC4)CC3)c2c1C. The number of piperidine rings is 1. The summed E-state index contributed by atoms with van der Waals surface area (Å²) in [6.07, 6.45) is 4.27. The Labute approximate surface area is 161 Å². The van der Waals surface area contributed by atoms with Gasteiger partial charge in [-0.1, -0.05) is 0 Å². The van der Waals surface area contributed by atoms with Crippen LogP contribution in [0.1, 0.15) is 30.2 Å². The van der Waals surface area contributed by atoms with Gasteiger partial charge in [-0.2, -0.15) is 0 Å². The minimum atomic E-state index is 0.696. The largest absolute Gasteiger partial charge is 0.356 e. The van der Waals surface area contributed by atoms with Crippen molar-refractivity contribution in [1.82, 2.24) is 19.8 Å². The van der Waals surface area contributed by atoms with Crippen molar-refractivity contribution in [2.24, 2.45) is 5.92 Å². The fourth-order valence-electron chi connectivity index (χ4n) is 4.52. The number of thiophene rings is 1. The Morgan fingerprint density at radius 3 is 2.42 bits per heavy atom. The molecule has 0 aromatic carbocycles. The molecular formula is C20H31N5S. The third-order valence-electron chi connectivity index (χ3n) is 6.58. The van der Waals surface area contributed by atoms with Crippen molar-refractivity contribution in [2.45, 2.75) is 39.7 Å². The van der Waals surface area contributed by atoms with E-state index in [0.717, 1.165) is 29.7 Å². The number of anilines is 1. The molecule has 4 heterocycles. The number of piperazine rings is 1. The summed E-state index contributed by atoms with van der Waals surface area (Å²) in [6.45, 7) is 13.9. The Morgan fingerprint density at radius 2 is 1.73 bits per heavy atom. The van der Waals surface area contributed by atoms with Crippen LogP contribution in [0, 0.1) is 19.8 Å². The van der Waals surface area contributed by atoms with Crippen molar-refractivity contribution < 1.29 is 0 Å². The standard InChI is InChI=1S/C20H31N5S/c1-14-16(3)26-20-18(14)19(21-13-22-20)25-7-5-17(6-8-25)15(2)24-11-9-23(4)10-12-24/h13,15,17H,5-12H2,1-4H3. The van der Waals surface area contributed by atoms with Crippen LogP contribution in [0.4, 0.5) is 5.82 Å². The number of rotatable bonds is 3. The van der Waals surface area contributed by atoms with Gasteiger partial charge in [0.15, 0.2) is 0 Å². The van der Waals surface area contributed by atoms with E-state index in [0.29, 0.717) is 6.04 Å². The van der Waals surface area contributed by atoms with Crippen molar-refractivity contribution in [3.63, 3.8) is 0 Å². The molecule has 1 unspecified atom stereocenters. The highest BCUT2D eigenvalue weighted by molar-refractivity contribution is 7.18. The molecule has 2 aliphatic heterocycles. The van der Waals surface area contributed by atoms with E-state index in [4.69, 9.17) is 0 Å². The Kier molecular flexibility index (Phi) is 5.17. The Morgan fingerprint density at radius 1 is 1.04 bits per heavy atom. The summed E-state index contributed by atoms with van der Waals surface area (Å²) in [5.41, 5.74) is 1.36. The van der Waals surface area contributed by atoms with Crippen LogP contribution in [0.2, 0.25) is 0 Å². The highest BCUT2D eigenvalue weighted by atomic mass is 32.1. The van der Waals surface area contributed by atoms with E-state index < -0.39 is 0 Å². The topological polar surface area (TPSA) is 35.5 Å². The summed E-state index contributed by atoms with van der Waals surface area (Å²) in [6, 6.07) is 0.696. The highest BCUT2D eigenvalue weighted by Crippen LogP contribution is 2.36. The minimum Gasteiger partial charge on any atom is -0.356 e. The van der Waals surface area contributed by atoms with E-state index in [-0.39, 0.29) is 0 Å². The van der Waals surface area contributed by atoms with Gasteiger partial charge >= 0.3 is 0 Å². The molecule has 0 aliphatic carbocycles. The summed E-state index contributed by atoms with van der Waals surface area (Å²) in [5, 5.41) is 1.28. The van der Waals surface area contributed by atoms with Crippen molar-refractivity contribution >= 4 is 27.4 Å². The number of fused-ring (bicyclic) bond motifs is 1. The predicted molar refractivity (Wildman–Crippen MR) is 110 cm³/mol. The molecule has 0 bridgehead atoms. The van der Waals surface area contributed by atoms with Crippen LogP contribution >= 0.6 is 11.3 Å². The number of aromatic nitrogens is 2. The second-order valence-corrected chi connectivity index (χ2v) is 9.27. The average molecular weight is 374 g/mol. The van der Waals surface area contributed by atoms with Gasteiger partial charge in [0.25, 0.3) is 0 Å². The van der Waals surface area contributed by atoms with Crippen LogP contribution in [0.15, 0.2) is 6.33 Å². The number of aryl methyl sites for hydroxylation is 2. The van der Waals surface area contributed by atoms with Crippen LogP contribution in [-0.4, -0.2) is 72.1 Å². The number of likely N-dealkylation sites (N-methyl/N-ethyl adjacent to an activating group) is 1. The van der Waals surface area contributed by atoms with Crippen molar-refractivity contribution in [3.8, 4) is 0 Å². The van der Waals surface area contributed by atoms with Gasteiger partial charge in [-0.05, 0) is 52.1 Å². The van der Waals surface area contributed by atoms with E-state index in [2.05, 4.69) is 52.5 Å². The number of hydrogen-bond acceptors (Lipinski definition) is 6. The van der Waals surface area contributed by atoms with Gasteiger partial charge in [0, 0.05) is 50.2 Å². The molecule has 5 nitrogen and oxygen atoms in total. The molecule has 1 atom stereocenters. The van der Waals surface area contributed by atoms with E-state index >= 15 is 0 Å². The molecule has 0 amide bonds. The predicted octanol–water partition coefficient (Wildman–Crippen LogP) is 3.16. The molecule has 0 radical (unpaired) electrons. The fourth-order valence-corrected chi connectivity index (χ4v) is 5.52. The van der Waals surface area contributed by atoms with E-state index in [1.54, 1.807) is 17.7 Å². The number of hydrogen-bond donors (Lipinski definition) is 0. The van der Waals surface area contributed by atoms with Gasteiger partial charge in [0.05, 0.1) is 5.39 Å². The summed E-state index contributed by atoms with van der Waals surface area (Å²) >= 11 is 1.79. The van der Waals surface area contributed by atoms with Crippen molar-refractivity contribution in [3.05, 3.63) is 16.8 Å². The van der Waals surface area contributed by atoms with Crippen LogP contribution in [0.25, 0.3) is 10.2 Å². The Bertz CT molecular complexity index is 757. The lowest BCUT2D eigenvalue weighted by atomic mass is 9.89. The Balaban J connectivity index is 1.44. The summed E-state index contributed by atoms with van der Waals surface area (Å²) in [5.74, 6) is 1.96. The number of nitrogens with zero attached hydrogens (tertiary/aromatic N) is 5. The molecule has 0 spiro atoms. The Hall–Kier alpha value is -1.24. The first-order valence-electron chi connectivity index (χ1n) is 9.93. The van der Waals surface area contributed by atoms with Gasteiger partial charge in [-0.3, -0.25) is 4.90 Å². The molecule has 4 rings (SSSR count). The van der Waals surface area contributed by atoms with E-state index in [1.807, 2.05) is 0 Å². The maximum absolute atomic E-state index is 4.68. The van der Waals surface area contributed by atoms with Gasteiger partial charge < -0.3 is 9.80 Å². The van der Waals surface area contributed by atoms with Gasteiger partial charge in [0.2, 0.25) is 0 Å². The molecule has 2 saturated heterocycles. The van der Waals surface area contributed by atoms with Gasteiger partial charge in [0.1, 0.15) is 17.0 Å². The lowest BCUT2D eigenvalue weighted by molar-refractivity contribution is 0.0813. The molecule has 2 aliphatic rings. The molecule has 6 heteroatoms. The zero-order valence-electron chi connectivity index (χ0n) is 16.5. The monoisotopic (exact) mass is 373 g/mol. The molecule has 142 valence electrons. The van der Waals surface area contributed by atoms with Crippen LogP contribution < -0.4 is 4.90 Å². The zero-order valence-corrected chi connectivity index (χ0v) is 17.3. The second kappa shape index (κ2) is 7.41. The first-order chi connectivity index (χ1) is 12.5. The average Bonchev–Trinajstić information content (AvgIpc) is 2.96. The molecular weight excluding hydrogens is 342 g/mol. The molecule has 2 aromatic heterocycles. The highest BCUT2D eigenvalue weighted by Gasteiger charge is 2.30. The summed E-state index contributed by atoms with van der Waals surface area (Å²) in [4.78, 5) is 19.3. The fraction of sp³-hybridized carbons (Fsp3) is 0.700. The smallest absolute Gasteiger partial charge is 0.141 e. The van der Waals surface area contributed by atoms with E-state index in [9.17, 15) is 0 Å². The summed E-state index contributed by atoms with van der Waals surface area (Å²) < 4.78 is 0. The molecule has 0 N–H and O–H groups in total. The second-order valence-electron chi connectivity index (χ2n) is 8.07. The van der Waals surface area contributed by atoms with Crippen molar-refractivity contribution in [1.29, 1.82) is 0 Å². The first kappa shape index (κ1) is 18.1. The van der Waals surface area contributed by atoms with Gasteiger partial charge in [-0.15, -0.1) is 11.3 Å². The maximum atomic E-state index is 4.68. The normalized spacial score (nSPS) is 22.2. The van der Waals surface area contributed by atoms with Crippen LogP contribution in [0.5, 0.6) is 0 Å². The van der Waals surface area contributed by atoms with Crippen molar-refractivity contribution in [2.75, 3.05) is 51.2 Å². The van der Waals surface area contributed by atoms with Gasteiger partial charge in [-0.25, -0.2) is 9.97 Å². The first-order valence-corrected chi connectivity index (χ1v) is 10.7. The minimum absolute atomic E-state index is 0.696. The third-order valence-corrected chi connectivity index (χ3v) is 7.70. The zero-order chi connectivity index (χ0) is 18.3. The summed E-state index contributed by atoms with van der Waals surface area (Å²) in [7, 11) is 2.23. The maximum Gasteiger partial charge on any atom is 0.141 e. The lowest BCUT2D eigenvalue weighted by Crippen LogP contribution is -2.51. The molecule has 0 saturated carbocycles. The quantitative estimate of drug-likeness (QED) is 0.826. The third kappa shape index (κ3) is 3.35. The molecule has 26 heavy (non-hydrogen) atoms. The van der Waals surface area contributed by atoms with Crippen LogP contribution in [0.3, 0.4) is 0 Å².